The summed E-state index contributed by atoms with van der Waals surface area (Å²) in [6, 6.07) is 7.11. The van der Waals surface area contributed by atoms with E-state index in [0.717, 1.165) is 15.6 Å². The summed E-state index contributed by atoms with van der Waals surface area (Å²) >= 11 is 7.25. The van der Waals surface area contributed by atoms with Gasteiger partial charge in [0.05, 0.1) is 6.42 Å². The molecule has 19 heavy (non-hydrogen) atoms. The summed E-state index contributed by atoms with van der Waals surface area (Å²) in [5, 5.41) is 10.1. The SMILES string of the molecule is O=C(O)CCc1cnc(COc2ccc(Cl)cc2)s1. The monoisotopic (exact) mass is 297 g/mol. The highest BCUT2D eigenvalue weighted by atomic mass is 35.5. The molecule has 0 spiro atoms. The molecular formula is C13H12ClNO3S. The van der Waals surface area contributed by atoms with E-state index in [9.17, 15) is 4.79 Å². The Morgan fingerprint density at radius 2 is 2.11 bits per heavy atom. The number of thiazole rings is 1. The summed E-state index contributed by atoms with van der Waals surface area (Å²) in [7, 11) is 0. The zero-order chi connectivity index (χ0) is 13.7. The number of rotatable bonds is 6. The van der Waals surface area contributed by atoms with Gasteiger partial charge >= 0.3 is 5.97 Å². The van der Waals surface area contributed by atoms with Crippen LogP contribution < -0.4 is 4.74 Å². The van der Waals surface area contributed by atoms with Gasteiger partial charge in [-0.3, -0.25) is 4.79 Å². The minimum Gasteiger partial charge on any atom is -0.486 e. The molecule has 0 aliphatic rings. The van der Waals surface area contributed by atoms with Gasteiger partial charge < -0.3 is 9.84 Å². The molecule has 0 atom stereocenters. The molecule has 0 saturated carbocycles. The van der Waals surface area contributed by atoms with Crippen LogP contribution in [0.15, 0.2) is 30.5 Å². The average Bonchev–Trinajstić information content (AvgIpc) is 2.84. The van der Waals surface area contributed by atoms with Crippen LogP contribution in [-0.2, 0) is 17.8 Å². The third kappa shape index (κ3) is 4.54. The second-order valence-corrected chi connectivity index (χ2v) is 5.49. The van der Waals surface area contributed by atoms with E-state index in [-0.39, 0.29) is 6.42 Å². The normalized spacial score (nSPS) is 10.4. The molecule has 1 heterocycles. The summed E-state index contributed by atoms with van der Waals surface area (Å²) in [6.45, 7) is 0.374. The molecule has 0 aliphatic carbocycles. The lowest BCUT2D eigenvalue weighted by atomic mass is 10.3. The molecular weight excluding hydrogens is 286 g/mol. The standard InChI is InChI=1S/C13H12ClNO3S/c14-9-1-3-10(4-2-9)18-8-12-15-7-11(19-12)5-6-13(16)17/h1-4,7H,5-6,8H2,(H,16,17). The average molecular weight is 298 g/mol. The first-order valence-electron chi connectivity index (χ1n) is 5.67. The van der Waals surface area contributed by atoms with Gasteiger partial charge in [0.2, 0.25) is 0 Å². The fourth-order valence-electron chi connectivity index (χ4n) is 1.44. The van der Waals surface area contributed by atoms with Crippen molar-refractivity contribution in [3.63, 3.8) is 0 Å². The Labute approximate surface area is 119 Å². The largest absolute Gasteiger partial charge is 0.486 e. The molecule has 1 aromatic heterocycles. The van der Waals surface area contributed by atoms with Gasteiger partial charge in [0.15, 0.2) is 0 Å². The van der Waals surface area contributed by atoms with Gasteiger partial charge in [-0.05, 0) is 30.7 Å². The van der Waals surface area contributed by atoms with Crippen molar-refractivity contribution >= 4 is 28.9 Å². The van der Waals surface area contributed by atoms with E-state index in [1.807, 2.05) is 0 Å². The zero-order valence-electron chi connectivity index (χ0n) is 10.0. The van der Waals surface area contributed by atoms with Crippen LogP contribution in [0.2, 0.25) is 5.02 Å². The van der Waals surface area contributed by atoms with E-state index in [2.05, 4.69) is 4.98 Å². The molecule has 0 aliphatic heterocycles. The van der Waals surface area contributed by atoms with Crippen LogP contribution in [0.25, 0.3) is 0 Å². The predicted molar refractivity (Wildman–Crippen MR) is 73.9 cm³/mol. The molecule has 2 aromatic rings. The van der Waals surface area contributed by atoms with Crippen LogP contribution in [0.4, 0.5) is 0 Å². The Kier molecular flexibility index (Phi) is 4.76. The van der Waals surface area contributed by atoms with Gasteiger partial charge in [0, 0.05) is 16.1 Å². The Morgan fingerprint density at radius 1 is 1.37 bits per heavy atom. The van der Waals surface area contributed by atoms with Gasteiger partial charge in [-0.1, -0.05) is 11.6 Å². The number of carboxylic acids is 1. The molecule has 1 N–H and O–H groups in total. The number of nitrogens with zero attached hydrogens (tertiary/aromatic N) is 1. The van der Waals surface area contributed by atoms with Crippen molar-refractivity contribution in [1.82, 2.24) is 4.98 Å². The molecule has 100 valence electrons. The fourth-order valence-corrected chi connectivity index (χ4v) is 2.40. The van der Waals surface area contributed by atoms with E-state index in [4.69, 9.17) is 21.4 Å². The Morgan fingerprint density at radius 3 is 2.79 bits per heavy atom. The maximum Gasteiger partial charge on any atom is 0.303 e. The number of ether oxygens (including phenoxy) is 1. The molecule has 6 heteroatoms. The van der Waals surface area contributed by atoms with Crippen molar-refractivity contribution < 1.29 is 14.6 Å². The number of carbonyl (C=O) groups is 1. The maximum atomic E-state index is 10.5. The number of hydrogen-bond donors (Lipinski definition) is 1. The van der Waals surface area contributed by atoms with Crippen LogP contribution >= 0.6 is 22.9 Å². The van der Waals surface area contributed by atoms with E-state index in [0.29, 0.717) is 18.1 Å². The van der Waals surface area contributed by atoms with E-state index in [1.165, 1.54) is 11.3 Å². The number of benzene rings is 1. The molecule has 0 fully saturated rings. The summed E-state index contributed by atoms with van der Waals surface area (Å²) in [5.41, 5.74) is 0. The highest BCUT2D eigenvalue weighted by molar-refractivity contribution is 7.11. The lowest BCUT2D eigenvalue weighted by molar-refractivity contribution is -0.136. The quantitative estimate of drug-likeness (QED) is 0.888. The highest BCUT2D eigenvalue weighted by Gasteiger charge is 2.05. The van der Waals surface area contributed by atoms with Gasteiger partial charge in [-0.25, -0.2) is 4.98 Å². The summed E-state index contributed by atoms with van der Waals surface area (Å²) in [4.78, 5) is 15.6. The van der Waals surface area contributed by atoms with Crippen LogP contribution in [0.1, 0.15) is 16.3 Å². The topological polar surface area (TPSA) is 59.4 Å². The number of carboxylic acid groups (broad SMARTS) is 1. The number of halogens is 1. The lowest BCUT2D eigenvalue weighted by Gasteiger charge is -2.03. The molecule has 1 aromatic carbocycles. The predicted octanol–water partition coefficient (Wildman–Crippen LogP) is 3.39. The third-order valence-electron chi connectivity index (χ3n) is 2.36. The van der Waals surface area contributed by atoms with Crippen molar-refractivity contribution in [2.24, 2.45) is 0 Å². The van der Waals surface area contributed by atoms with Gasteiger partial charge in [-0.15, -0.1) is 11.3 Å². The minimum absolute atomic E-state index is 0.125. The van der Waals surface area contributed by atoms with Crippen molar-refractivity contribution in [3.05, 3.63) is 45.4 Å². The van der Waals surface area contributed by atoms with Crippen LogP contribution in [-0.4, -0.2) is 16.1 Å². The zero-order valence-corrected chi connectivity index (χ0v) is 11.6. The number of aromatic nitrogens is 1. The van der Waals surface area contributed by atoms with Crippen molar-refractivity contribution in [2.75, 3.05) is 0 Å². The number of aryl methyl sites for hydroxylation is 1. The van der Waals surface area contributed by atoms with Gasteiger partial charge in [0.1, 0.15) is 17.4 Å². The molecule has 0 bridgehead atoms. The van der Waals surface area contributed by atoms with Crippen LogP contribution in [0.5, 0.6) is 5.75 Å². The lowest BCUT2D eigenvalue weighted by Crippen LogP contribution is -1.95. The molecule has 0 radical (unpaired) electrons. The van der Waals surface area contributed by atoms with Crippen LogP contribution in [0.3, 0.4) is 0 Å². The Balaban J connectivity index is 1.86. The minimum atomic E-state index is -0.799. The second-order valence-electron chi connectivity index (χ2n) is 3.86. The van der Waals surface area contributed by atoms with Crippen molar-refractivity contribution in [3.8, 4) is 5.75 Å². The first-order valence-corrected chi connectivity index (χ1v) is 6.86. The third-order valence-corrected chi connectivity index (χ3v) is 3.65. The fraction of sp³-hybridized carbons (Fsp3) is 0.231. The molecule has 4 nitrogen and oxygen atoms in total. The van der Waals surface area contributed by atoms with Crippen molar-refractivity contribution in [1.29, 1.82) is 0 Å². The maximum absolute atomic E-state index is 10.5. The second kappa shape index (κ2) is 6.54. The first-order chi connectivity index (χ1) is 9.13. The smallest absolute Gasteiger partial charge is 0.303 e. The summed E-state index contributed by atoms with van der Waals surface area (Å²) in [6.07, 6.45) is 2.34. The Hall–Kier alpha value is -1.59. The van der Waals surface area contributed by atoms with Crippen LogP contribution in [0, 0.1) is 0 Å². The van der Waals surface area contributed by atoms with E-state index < -0.39 is 5.97 Å². The Bertz CT molecular complexity index is 553. The molecule has 0 amide bonds. The highest BCUT2D eigenvalue weighted by Crippen LogP contribution is 2.19. The number of aliphatic carboxylic acids is 1. The molecule has 0 saturated heterocycles. The summed E-state index contributed by atoms with van der Waals surface area (Å²) < 4.78 is 5.56. The first kappa shape index (κ1) is 13.8. The summed E-state index contributed by atoms with van der Waals surface area (Å²) in [5.74, 6) is -0.0703. The number of hydrogen-bond acceptors (Lipinski definition) is 4. The molecule has 0 unspecified atom stereocenters. The van der Waals surface area contributed by atoms with Gasteiger partial charge in [-0.2, -0.15) is 0 Å². The van der Waals surface area contributed by atoms with Gasteiger partial charge in [0.25, 0.3) is 0 Å². The van der Waals surface area contributed by atoms with Crippen molar-refractivity contribution in [2.45, 2.75) is 19.4 Å². The van der Waals surface area contributed by atoms with E-state index >= 15 is 0 Å². The molecule has 2 rings (SSSR count). The van der Waals surface area contributed by atoms with E-state index in [1.54, 1.807) is 30.5 Å².